The van der Waals surface area contributed by atoms with Crippen molar-refractivity contribution in [2.45, 2.75) is 25.2 Å². The summed E-state index contributed by atoms with van der Waals surface area (Å²) in [4.78, 5) is 0.144. The molecule has 2 N–H and O–H groups in total. The van der Waals surface area contributed by atoms with Crippen molar-refractivity contribution in [2.24, 2.45) is 0 Å². The average Bonchev–Trinajstić information content (AvgIpc) is 2.47. The van der Waals surface area contributed by atoms with Gasteiger partial charge in [0.15, 0.2) is 0 Å². The summed E-state index contributed by atoms with van der Waals surface area (Å²) in [6, 6.07) is 6.11. The molecule has 0 unspecified atom stereocenters. The molecule has 0 aliphatic heterocycles. The normalized spacial score (nSPS) is 12.3. The standard InChI is InChI=1S/C13H22N2O5S2/c1-3-20-12-6-8-13(9-7-12)22(18,19)15-11-5-10-14-21(16,17)4-2/h6-9,14-15H,3-5,10-11H2,1-2H3. The first-order valence-electron chi connectivity index (χ1n) is 7.00. The molecule has 9 heteroatoms. The third kappa shape index (κ3) is 6.30. The molecule has 0 spiro atoms. The van der Waals surface area contributed by atoms with Gasteiger partial charge in [0.1, 0.15) is 5.75 Å². The minimum atomic E-state index is -3.60. The molecule has 0 aliphatic rings. The second-order valence-electron chi connectivity index (χ2n) is 4.45. The van der Waals surface area contributed by atoms with Gasteiger partial charge in [-0.05, 0) is 44.5 Å². The first kappa shape index (κ1) is 18.9. The van der Waals surface area contributed by atoms with Crippen LogP contribution in [0.1, 0.15) is 20.3 Å². The topological polar surface area (TPSA) is 102 Å². The molecule has 0 atom stereocenters. The highest BCUT2D eigenvalue weighted by Crippen LogP contribution is 2.15. The van der Waals surface area contributed by atoms with Gasteiger partial charge in [0.05, 0.1) is 17.3 Å². The highest BCUT2D eigenvalue weighted by Gasteiger charge is 2.13. The zero-order valence-corrected chi connectivity index (χ0v) is 14.3. The minimum Gasteiger partial charge on any atom is -0.494 e. The summed E-state index contributed by atoms with van der Waals surface area (Å²) < 4.78 is 56.5. The fraction of sp³-hybridized carbons (Fsp3) is 0.538. The van der Waals surface area contributed by atoms with Crippen LogP contribution in [0, 0.1) is 0 Å². The van der Waals surface area contributed by atoms with Crippen LogP contribution in [-0.4, -0.2) is 42.3 Å². The summed E-state index contributed by atoms with van der Waals surface area (Å²) >= 11 is 0. The molecule has 22 heavy (non-hydrogen) atoms. The highest BCUT2D eigenvalue weighted by molar-refractivity contribution is 7.89. The number of sulfonamides is 2. The number of hydrogen-bond acceptors (Lipinski definition) is 5. The molecule has 0 aromatic heterocycles. The monoisotopic (exact) mass is 350 g/mol. The molecule has 0 saturated heterocycles. The van der Waals surface area contributed by atoms with E-state index in [1.807, 2.05) is 6.92 Å². The second kappa shape index (κ2) is 8.47. The van der Waals surface area contributed by atoms with E-state index in [1.54, 1.807) is 12.1 Å². The van der Waals surface area contributed by atoms with E-state index in [9.17, 15) is 16.8 Å². The summed E-state index contributed by atoms with van der Waals surface area (Å²) in [6.45, 7) is 4.25. The number of ether oxygens (including phenoxy) is 1. The van der Waals surface area contributed by atoms with E-state index in [0.29, 0.717) is 18.8 Å². The molecular formula is C13H22N2O5S2. The molecule has 0 heterocycles. The predicted octanol–water partition coefficient (Wildman–Crippen LogP) is 0.693. The van der Waals surface area contributed by atoms with E-state index in [0.717, 1.165) is 0 Å². The van der Waals surface area contributed by atoms with Crippen molar-refractivity contribution in [3.63, 3.8) is 0 Å². The van der Waals surface area contributed by atoms with Crippen molar-refractivity contribution in [3.8, 4) is 5.75 Å². The Morgan fingerprint density at radius 3 is 2.09 bits per heavy atom. The van der Waals surface area contributed by atoms with Gasteiger partial charge in [0, 0.05) is 13.1 Å². The number of rotatable bonds is 10. The van der Waals surface area contributed by atoms with Crippen LogP contribution in [-0.2, 0) is 20.0 Å². The summed E-state index contributed by atoms with van der Waals surface area (Å²) in [5.41, 5.74) is 0. The van der Waals surface area contributed by atoms with Crippen molar-refractivity contribution in [3.05, 3.63) is 24.3 Å². The van der Waals surface area contributed by atoms with Crippen LogP contribution in [0.2, 0.25) is 0 Å². The third-order valence-corrected chi connectivity index (χ3v) is 5.67. The lowest BCUT2D eigenvalue weighted by atomic mass is 10.3. The van der Waals surface area contributed by atoms with Gasteiger partial charge in [-0.25, -0.2) is 26.3 Å². The van der Waals surface area contributed by atoms with Gasteiger partial charge >= 0.3 is 0 Å². The summed E-state index contributed by atoms with van der Waals surface area (Å²) in [7, 11) is -6.84. The van der Waals surface area contributed by atoms with Gasteiger partial charge in [-0.1, -0.05) is 0 Å². The fourth-order valence-electron chi connectivity index (χ4n) is 1.59. The third-order valence-electron chi connectivity index (χ3n) is 2.79. The fourth-order valence-corrected chi connectivity index (χ4v) is 3.32. The molecular weight excluding hydrogens is 328 g/mol. The largest absolute Gasteiger partial charge is 0.494 e. The number of benzene rings is 1. The first-order valence-corrected chi connectivity index (χ1v) is 10.1. The summed E-state index contributed by atoms with van der Waals surface area (Å²) in [6.07, 6.45) is 0.371. The van der Waals surface area contributed by atoms with Crippen LogP contribution in [0.4, 0.5) is 0 Å². The second-order valence-corrected chi connectivity index (χ2v) is 8.32. The molecule has 7 nitrogen and oxygen atoms in total. The minimum absolute atomic E-state index is 0.00487. The first-order chi connectivity index (χ1) is 10.3. The zero-order valence-electron chi connectivity index (χ0n) is 12.7. The lowest BCUT2D eigenvalue weighted by Crippen LogP contribution is -2.30. The Hall–Kier alpha value is -1.16. The van der Waals surface area contributed by atoms with Crippen LogP contribution in [0.25, 0.3) is 0 Å². The molecule has 1 aromatic rings. The van der Waals surface area contributed by atoms with E-state index < -0.39 is 20.0 Å². The van der Waals surface area contributed by atoms with Gasteiger partial charge < -0.3 is 4.74 Å². The molecule has 1 rings (SSSR count). The molecule has 126 valence electrons. The van der Waals surface area contributed by atoms with Gasteiger partial charge in [-0.3, -0.25) is 0 Å². The van der Waals surface area contributed by atoms with Crippen LogP contribution < -0.4 is 14.2 Å². The van der Waals surface area contributed by atoms with Gasteiger partial charge in [0.25, 0.3) is 0 Å². The number of nitrogens with one attached hydrogen (secondary N) is 2. The van der Waals surface area contributed by atoms with Crippen LogP contribution >= 0.6 is 0 Å². The van der Waals surface area contributed by atoms with E-state index >= 15 is 0 Å². The Balaban J connectivity index is 2.47. The quantitative estimate of drug-likeness (QED) is 0.605. The number of hydrogen-bond donors (Lipinski definition) is 2. The molecule has 0 bridgehead atoms. The molecule has 0 aliphatic carbocycles. The molecule has 0 saturated carbocycles. The Morgan fingerprint density at radius 2 is 1.55 bits per heavy atom. The summed E-state index contributed by atoms with van der Waals surface area (Å²) in [5, 5.41) is 0. The maximum absolute atomic E-state index is 12.0. The Bertz CT molecular complexity index is 654. The Kier molecular flexibility index (Phi) is 7.27. The Labute approximate surface area is 132 Å². The van der Waals surface area contributed by atoms with Crippen LogP contribution in [0.15, 0.2) is 29.2 Å². The smallest absolute Gasteiger partial charge is 0.240 e. The van der Waals surface area contributed by atoms with Crippen molar-refractivity contribution >= 4 is 20.0 Å². The highest BCUT2D eigenvalue weighted by atomic mass is 32.2. The van der Waals surface area contributed by atoms with Crippen LogP contribution in [0.5, 0.6) is 5.75 Å². The lowest BCUT2D eigenvalue weighted by Gasteiger charge is -2.08. The van der Waals surface area contributed by atoms with E-state index in [-0.39, 0.29) is 23.7 Å². The van der Waals surface area contributed by atoms with Crippen LogP contribution in [0.3, 0.4) is 0 Å². The summed E-state index contributed by atoms with van der Waals surface area (Å²) in [5.74, 6) is 0.612. The molecule has 0 radical (unpaired) electrons. The van der Waals surface area contributed by atoms with Gasteiger partial charge in [-0.2, -0.15) is 0 Å². The van der Waals surface area contributed by atoms with Gasteiger partial charge in [0.2, 0.25) is 20.0 Å². The van der Waals surface area contributed by atoms with Crippen molar-refractivity contribution in [1.29, 1.82) is 0 Å². The molecule has 1 aromatic carbocycles. The SMILES string of the molecule is CCOc1ccc(S(=O)(=O)NCCCNS(=O)(=O)CC)cc1. The van der Waals surface area contributed by atoms with E-state index in [2.05, 4.69) is 9.44 Å². The maximum atomic E-state index is 12.0. The van der Waals surface area contributed by atoms with Crippen molar-refractivity contribution in [2.75, 3.05) is 25.4 Å². The lowest BCUT2D eigenvalue weighted by molar-refractivity contribution is 0.340. The molecule has 0 amide bonds. The average molecular weight is 350 g/mol. The van der Waals surface area contributed by atoms with E-state index in [4.69, 9.17) is 4.74 Å². The van der Waals surface area contributed by atoms with Gasteiger partial charge in [-0.15, -0.1) is 0 Å². The zero-order chi connectivity index (χ0) is 16.6. The van der Waals surface area contributed by atoms with E-state index in [1.165, 1.54) is 19.1 Å². The maximum Gasteiger partial charge on any atom is 0.240 e. The van der Waals surface area contributed by atoms with Crippen molar-refractivity contribution < 1.29 is 21.6 Å². The van der Waals surface area contributed by atoms with Crippen molar-refractivity contribution in [1.82, 2.24) is 9.44 Å². The molecule has 0 fully saturated rings. The Morgan fingerprint density at radius 1 is 0.955 bits per heavy atom. The predicted molar refractivity (Wildman–Crippen MR) is 84.9 cm³/mol.